The van der Waals surface area contributed by atoms with E-state index in [9.17, 15) is 0 Å². The van der Waals surface area contributed by atoms with Crippen molar-refractivity contribution < 1.29 is 4.74 Å². The summed E-state index contributed by atoms with van der Waals surface area (Å²) < 4.78 is 5.19. The van der Waals surface area contributed by atoms with Crippen molar-refractivity contribution in [3.8, 4) is 5.75 Å². The quantitative estimate of drug-likeness (QED) is 0.538. The van der Waals surface area contributed by atoms with Crippen molar-refractivity contribution in [1.29, 1.82) is 0 Å². The van der Waals surface area contributed by atoms with Crippen LogP contribution in [0.2, 0.25) is 5.02 Å². The van der Waals surface area contributed by atoms with Crippen LogP contribution < -0.4 is 15.4 Å². The van der Waals surface area contributed by atoms with Crippen LogP contribution in [0.15, 0.2) is 47.5 Å². The Hall–Kier alpha value is -2.24. The summed E-state index contributed by atoms with van der Waals surface area (Å²) in [4.78, 5) is 6.48. The lowest BCUT2D eigenvalue weighted by molar-refractivity contribution is 0.400. The minimum atomic E-state index is 0.719. The monoisotopic (exact) mass is 388 g/mol. The molecule has 5 nitrogen and oxygen atoms in total. The van der Waals surface area contributed by atoms with E-state index < -0.39 is 0 Å². The Bertz CT molecular complexity index is 762. The summed E-state index contributed by atoms with van der Waals surface area (Å²) in [6.07, 6.45) is 0.806. The van der Waals surface area contributed by atoms with E-state index in [1.54, 1.807) is 14.2 Å². The highest BCUT2D eigenvalue weighted by molar-refractivity contribution is 6.31. The molecule has 2 rings (SSSR count). The molecule has 0 aromatic heterocycles. The van der Waals surface area contributed by atoms with Gasteiger partial charge in [0.2, 0.25) is 0 Å². The van der Waals surface area contributed by atoms with Crippen LogP contribution in [0.1, 0.15) is 16.7 Å². The van der Waals surface area contributed by atoms with Crippen molar-refractivity contribution in [2.75, 3.05) is 34.8 Å². The summed E-state index contributed by atoms with van der Waals surface area (Å²) in [6, 6.07) is 14.2. The molecule has 0 aliphatic heterocycles. The van der Waals surface area contributed by atoms with Gasteiger partial charge in [-0.05, 0) is 49.3 Å². The van der Waals surface area contributed by atoms with Crippen LogP contribution in [0.4, 0.5) is 0 Å². The molecule has 2 N–H and O–H groups in total. The zero-order chi connectivity index (χ0) is 19.6. The zero-order valence-electron chi connectivity index (χ0n) is 16.6. The number of nitrogens with zero attached hydrogens (tertiary/aromatic N) is 2. The number of halogens is 1. The largest absolute Gasteiger partial charge is 0.497 e. The van der Waals surface area contributed by atoms with E-state index in [-0.39, 0.29) is 0 Å². The predicted molar refractivity (Wildman–Crippen MR) is 114 cm³/mol. The van der Waals surface area contributed by atoms with Crippen molar-refractivity contribution in [3.63, 3.8) is 0 Å². The number of methoxy groups -OCH3 is 1. The lowest BCUT2D eigenvalue weighted by Crippen LogP contribution is -2.38. The first-order valence-corrected chi connectivity index (χ1v) is 9.39. The second-order valence-electron chi connectivity index (χ2n) is 6.57. The molecule has 0 heterocycles. The number of hydrogen-bond donors (Lipinski definition) is 2. The Morgan fingerprint density at radius 3 is 2.44 bits per heavy atom. The first-order valence-electron chi connectivity index (χ1n) is 9.02. The van der Waals surface area contributed by atoms with Crippen molar-refractivity contribution >= 4 is 17.6 Å². The zero-order valence-corrected chi connectivity index (χ0v) is 17.3. The summed E-state index contributed by atoms with van der Waals surface area (Å²) in [7, 11) is 7.57. The summed E-state index contributed by atoms with van der Waals surface area (Å²) in [5.74, 6) is 1.55. The van der Waals surface area contributed by atoms with Crippen LogP contribution in [-0.2, 0) is 19.5 Å². The molecule has 2 aromatic carbocycles. The van der Waals surface area contributed by atoms with Gasteiger partial charge in [-0.25, -0.2) is 0 Å². The van der Waals surface area contributed by atoms with Gasteiger partial charge < -0.3 is 20.3 Å². The van der Waals surface area contributed by atoms with Gasteiger partial charge in [0.25, 0.3) is 0 Å². The lowest BCUT2D eigenvalue weighted by atomic mass is 10.1. The minimum absolute atomic E-state index is 0.719. The molecule has 27 heavy (non-hydrogen) atoms. The molecule has 0 atom stereocenters. The fourth-order valence-corrected chi connectivity index (χ4v) is 3.06. The summed E-state index contributed by atoms with van der Waals surface area (Å²) in [5.41, 5.74) is 3.67. The molecule has 0 bridgehead atoms. The number of nitrogens with one attached hydrogen (secondary N) is 2. The second-order valence-corrected chi connectivity index (χ2v) is 6.97. The fraction of sp³-hybridized carbons (Fsp3) is 0.381. The summed E-state index contributed by atoms with van der Waals surface area (Å²) >= 11 is 6.30. The Labute approximate surface area is 167 Å². The average Bonchev–Trinajstić information content (AvgIpc) is 2.66. The number of hydrogen-bond acceptors (Lipinski definition) is 3. The van der Waals surface area contributed by atoms with Crippen molar-refractivity contribution in [1.82, 2.24) is 15.5 Å². The molecule has 0 fully saturated rings. The molecular formula is C21H29ClN4O. The van der Waals surface area contributed by atoms with E-state index in [1.807, 2.05) is 18.2 Å². The van der Waals surface area contributed by atoms with E-state index in [0.717, 1.165) is 48.4 Å². The number of guanidine groups is 1. The highest BCUT2D eigenvalue weighted by Crippen LogP contribution is 2.22. The second kappa shape index (κ2) is 10.8. The van der Waals surface area contributed by atoms with Crippen LogP contribution in [-0.4, -0.2) is 45.7 Å². The Kier molecular flexibility index (Phi) is 8.43. The molecule has 0 saturated carbocycles. The topological polar surface area (TPSA) is 48.9 Å². The van der Waals surface area contributed by atoms with E-state index in [1.165, 1.54) is 11.1 Å². The number of ether oxygens (including phenoxy) is 1. The molecule has 0 aliphatic carbocycles. The number of benzene rings is 2. The molecule has 0 aliphatic rings. The van der Waals surface area contributed by atoms with Crippen molar-refractivity contribution in [2.45, 2.75) is 19.5 Å². The van der Waals surface area contributed by atoms with E-state index in [0.29, 0.717) is 0 Å². The van der Waals surface area contributed by atoms with Crippen LogP contribution in [0, 0.1) is 0 Å². The fourth-order valence-electron chi connectivity index (χ4n) is 2.80. The SMILES string of the molecule is CN=C(NCCc1ccc(OC)cc1Cl)NCc1ccccc1CN(C)C. The van der Waals surface area contributed by atoms with Gasteiger partial charge in [0.1, 0.15) is 5.75 Å². The molecule has 6 heteroatoms. The van der Waals surface area contributed by atoms with Crippen LogP contribution in [0.3, 0.4) is 0 Å². The Morgan fingerprint density at radius 1 is 1.07 bits per heavy atom. The normalized spacial score (nSPS) is 11.6. The third kappa shape index (κ3) is 6.77. The van der Waals surface area contributed by atoms with E-state index in [4.69, 9.17) is 16.3 Å². The average molecular weight is 389 g/mol. The van der Waals surface area contributed by atoms with Gasteiger partial charge in [-0.15, -0.1) is 0 Å². The maximum atomic E-state index is 6.30. The van der Waals surface area contributed by atoms with Crippen molar-refractivity contribution in [2.24, 2.45) is 4.99 Å². The molecule has 0 spiro atoms. The smallest absolute Gasteiger partial charge is 0.191 e. The molecule has 146 valence electrons. The molecule has 2 aromatic rings. The van der Waals surface area contributed by atoms with Crippen LogP contribution in [0.5, 0.6) is 5.75 Å². The molecule has 0 amide bonds. The van der Waals surface area contributed by atoms with E-state index >= 15 is 0 Å². The maximum Gasteiger partial charge on any atom is 0.191 e. The van der Waals surface area contributed by atoms with Gasteiger partial charge in [-0.2, -0.15) is 0 Å². The van der Waals surface area contributed by atoms with E-state index in [2.05, 4.69) is 58.9 Å². The first kappa shape index (κ1) is 21.1. The Balaban J connectivity index is 1.86. The highest BCUT2D eigenvalue weighted by atomic mass is 35.5. The van der Waals surface area contributed by atoms with Gasteiger partial charge in [0.05, 0.1) is 7.11 Å². The van der Waals surface area contributed by atoms with Gasteiger partial charge >= 0.3 is 0 Å². The van der Waals surface area contributed by atoms with Crippen LogP contribution >= 0.6 is 11.6 Å². The van der Waals surface area contributed by atoms with Crippen molar-refractivity contribution in [3.05, 3.63) is 64.2 Å². The van der Waals surface area contributed by atoms with Gasteiger partial charge in [-0.3, -0.25) is 4.99 Å². The van der Waals surface area contributed by atoms with Crippen LogP contribution in [0.25, 0.3) is 0 Å². The lowest BCUT2D eigenvalue weighted by Gasteiger charge is -2.16. The maximum absolute atomic E-state index is 6.30. The third-order valence-electron chi connectivity index (χ3n) is 4.22. The molecular weight excluding hydrogens is 360 g/mol. The molecule has 0 saturated heterocycles. The standard InChI is InChI=1S/C21H29ClN4O/c1-23-21(24-12-11-16-9-10-19(27-4)13-20(16)22)25-14-17-7-5-6-8-18(17)15-26(2)3/h5-10,13H,11-12,14-15H2,1-4H3,(H2,23,24,25). The summed E-state index contributed by atoms with van der Waals surface area (Å²) in [5, 5.41) is 7.45. The molecule has 0 unspecified atom stereocenters. The first-order chi connectivity index (χ1) is 13.0. The minimum Gasteiger partial charge on any atom is -0.497 e. The predicted octanol–water partition coefficient (Wildman–Crippen LogP) is 3.32. The van der Waals surface area contributed by atoms with Gasteiger partial charge in [-0.1, -0.05) is 41.9 Å². The highest BCUT2D eigenvalue weighted by Gasteiger charge is 2.06. The third-order valence-corrected chi connectivity index (χ3v) is 4.57. The molecule has 0 radical (unpaired) electrons. The number of rotatable bonds is 8. The number of aliphatic imine (C=N–C) groups is 1. The Morgan fingerprint density at radius 2 is 1.81 bits per heavy atom. The summed E-state index contributed by atoms with van der Waals surface area (Å²) in [6.45, 7) is 2.39. The van der Waals surface area contributed by atoms with Gasteiger partial charge in [0, 0.05) is 31.7 Å². The van der Waals surface area contributed by atoms with Gasteiger partial charge in [0.15, 0.2) is 5.96 Å².